The first-order valence-electron chi connectivity index (χ1n) is 7.60. The van der Waals surface area contributed by atoms with E-state index in [0.717, 1.165) is 12.0 Å². The van der Waals surface area contributed by atoms with Crippen molar-refractivity contribution in [1.82, 2.24) is 5.32 Å². The Labute approximate surface area is 112 Å². The van der Waals surface area contributed by atoms with Gasteiger partial charge in [0.25, 0.3) is 0 Å². The number of nitrogens with one attached hydrogen (secondary N) is 1. The average molecular weight is 245 g/mol. The van der Waals surface area contributed by atoms with Crippen molar-refractivity contribution in [3.05, 3.63) is 35.9 Å². The fourth-order valence-corrected chi connectivity index (χ4v) is 3.03. The smallest absolute Gasteiger partial charge is 0.0322 e. The Bertz CT molecular complexity index is 325. The molecular weight excluding hydrogens is 218 g/mol. The zero-order valence-corrected chi connectivity index (χ0v) is 11.9. The molecule has 0 aromatic heterocycles. The normalized spacial score (nSPS) is 25.9. The Hall–Kier alpha value is -0.820. The third kappa shape index (κ3) is 3.84. The largest absolute Gasteiger partial charge is 0.307 e. The van der Waals surface area contributed by atoms with Gasteiger partial charge in [-0.05, 0) is 43.6 Å². The topological polar surface area (TPSA) is 12.0 Å². The van der Waals surface area contributed by atoms with Crippen molar-refractivity contribution in [3.8, 4) is 0 Å². The molecule has 1 N–H and O–H groups in total. The first kappa shape index (κ1) is 13.6. The van der Waals surface area contributed by atoms with Crippen LogP contribution < -0.4 is 5.32 Å². The van der Waals surface area contributed by atoms with E-state index in [9.17, 15) is 0 Å². The molecule has 1 unspecified atom stereocenters. The molecule has 1 aliphatic carbocycles. The second-order valence-electron chi connectivity index (χ2n) is 5.88. The van der Waals surface area contributed by atoms with Gasteiger partial charge in [-0.1, -0.05) is 50.6 Å². The maximum atomic E-state index is 3.89. The molecule has 1 heteroatoms. The van der Waals surface area contributed by atoms with Crippen molar-refractivity contribution in [2.75, 3.05) is 0 Å². The lowest BCUT2D eigenvalue weighted by atomic mass is 9.86. The van der Waals surface area contributed by atoms with Crippen LogP contribution in [0.3, 0.4) is 0 Å². The molecule has 1 saturated carbocycles. The van der Waals surface area contributed by atoms with E-state index in [1.807, 2.05) is 0 Å². The van der Waals surface area contributed by atoms with Gasteiger partial charge in [-0.15, -0.1) is 0 Å². The molecule has 18 heavy (non-hydrogen) atoms. The highest BCUT2D eigenvalue weighted by atomic mass is 14.9. The van der Waals surface area contributed by atoms with Crippen LogP contribution in [-0.2, 0) is 0 Å². The van der Waals surface area contributed by atoms with E-state index in [0.29, 0.717) is 6.04 Å². The van der Waals surface area contributed by atoms with Crippen molar-refractivity contribution in [2.24, 2.45) is 5.92 Å². The van der Waals surface area contributed by atoms with Crippen LogP contribution in [0.25, 0.3) is 0 Å². The molecule has 1 fully saturated rings. The Morgan fingerprint density at radius 2 is 1.78 bits per heavy atom. The van der Waals surface area contributed by atoms with Crippen molar-refractivity contribution >= 4 is 0 Å². The van der Waals surface area contributed by atoms with E-state index in [2.05, 4.69) is 49.5 Å². The summed E-state index contributed by atoms with van der Waals surface area (Å²) in [6.07, 6.45) is 7.99. The van der Waals surface area contributed by atoms with E-state index >= 15 is 0 Å². The summed E-state index contributed by atoms with van der Waals surface area (Å²) >= 11 is 0. The number of hydrogen-bond acceptors (Lipinski definition) is 1. The van der Waals surface area contributed by atoms with Gasteiger partial charge in [-0.25, -0.2) is 0 Å². The van der Waals surface area contributed by atoms with Crippen LogP contribution in [0, 0.1) is 5.92 Å². The van der Waals surface area contributed by atoms with E-state index in [4.69, 9.17) is 0 Å². The predicted molar refractivity (Wildman–Crippen MR) is 78.6 cm³/mol. The monoisotopic (exact) mass is 245 g/mol. The highest BCUT2D eigenvalue weighted by molar-refractivity contribution is 5.19. The molecule has 100 valence electrons. The lowest BCUT2D eigenvalue weighted by Gasteiger charge is -2.31. The van der Waals surface area contributed by atoms with Crippen molar-refractivity contribution in [3.63, 3.8) is 0 Å². The quantitative estimate of drug-likeness (QED) is 0.793. The van der Waals surface area contributed by atoms with Crippen LogP contribution in [0.2, 0.25) is 0 Å². The van der Waals surface area contributed by atoms with Crippen molar-refractivity contribution in [2.45, 2.75) is 64.5 Å². The first-order chi connectivity index (χ1) is 8.79. The van der Waals surface area contributed by atoms with Gasteiger partial charge in [-0.3, -0.25) is 0 Å². The minimum atomic E-state index is 0.551. The molecule has 1 aliphatic rings. The fraction of sp³-hybridized carbons (Fsp3) is 0.647. The summed E-state index contributed by atoms with van der Waals surface area (Å²) in [6, 6.07) is 12.2. The Balaban J connectivity index is 1.94. The molecule has 1 atom stereocenters. The van der Waals surface area contributed by atoms with Crippen molar-refractivity contribution < 1.29 is 0 Å². The molecule has 1 nitrogen and oxygen atoms in total. The number of hydrogen-bond donors (Lipinski definition) is 1. The lowest BCUT2D eigenvalue weighted by Crippen LogP contribution is -2.35. The SMILES string of the molecule is CCCC(NC1CCC(C)CC1)c1ccccc1. The lowest BCUT2D eigenvalue weighted by molar-refractivity contribution is 0.282. The summed E-state index contributed by atoms with van der Waals surface area (Å²) < 4.78 is 0. The number of rotatable bonds is 5. The second-order valence-corrected chi connectivity index (χ2v) is 5.88. The highest BCUT2D eigenvalue weighted by Crippen LogP contribution is 2.27. The third-order valence-electron chi connectivity index (χ3n) is 4.23. The van der Waals surface area contributed by atoms with Gasteiger partial charge in [0.05, 0.1) is 0 Å². The van der Waals surface area contributed by atoms with Crippen LogP contribution in [0.4, 0.5) is 0 Å². The summed E-state index contributed by atoms with van der Waals surface area (Å²) in [7, 11) is 0. The van der Waals surface area contributed by atoms with Gasteiger partial charge in [0.1, 0.15) is 0 Å². The zero-order valence-electron chi connectivity index (χ0n) is 11.9. The second kappa shape index (κ2) is 6.94. The Morgan fingerprint density at radius 3 is 2.39 bits per heavy atom. The van der Waals surface area contributed by atoms with Gasteiger partial charge in [0, 0.05) is 12.1 Å². The van der Waals surface area contributed by atoms with Gasteiger partial charge in [0.15, 0.2) is 0 Å². The minimum absolute atomic E-state index is 0.551. The maximum absolute atomic E-state index is 3.89. The Morgan fingerprint density at radius 1 is 1.11 bits per heavy atom. The molecule has 0 amide bonds. The molecule has 0 spiro atoms. The van der Waals surface area contributed by atoms with Gasteiger partial charge >= 0.3 is 0 Å². The van der Waals surface area contributed by atoms with Crippen LogP contribution in [0.5, 0.6) is 0 Å². The van der Waals surface area contributed by atoms with E-state index in [-0.39, 0.29) is 0 Å². The third-order valence-corrected chi connectivity index (χ3v) is 4.23. The first-order valence-corrected chi connectivity index (χ1v) is 7.60. The van der Waals surface area contributed by atoms with Crippen LogP contribution in [0.1, 0.15) is 64.0 Å². The average Bonchev–Trinajstić information content (AvgIpc) is 2.42. The molecule has 0 heterocycles. The van der Waals surface area contributed by atoms with Crippen LogP contribution in [0.15, 0.2) is 30.3 Å². The van der Waals surface area contributed by atoms with Gasteiger partial charge in [0.2, 0.25) is 0 Å². The standard InChI is InChI=1S/C17H27N/c1-3-7-17(15-8-5-4-6-9-15)18-16-12-10-14(2)11-13-16/h4-6,8-9,14,16-18H,3,7,10-13H2,1-2H3. The molecule has 0 saturated heterocycles. The van der Waals surface area contributed by atoms with Crippen LogP contribution >= 0.6 is 0 Å². The molecule has 0 aliphatic heterocycles. The number of benzene rings is 1. The molecule has 2 rings (SSSR count). The molecule has 0 radical (unpaired) electrons. The predicted octanol–water partition coefficient (Wildman–Crippen LogP) is 4.70. The van der Waals surface area contributed by atoms with E-state index in [1.54, 1.807) is 0 Å². The maximum Gasteiger partial charge on any atom is 0.0322 e. The van der Waals surface area contributed by atoms with Gasteiger partial charge in [-0.2, -0.15) is 0 Å². The van der Waals surface area contributed by atoms with E-state index < -0.39 is 0 Å². The Kier molecular flexibility index (Phi) is 5.25. The summed E-state index contributed by atoms with van der Waals surface area (Å²) in [4.78, 5) is 0. The summed E-state index contributed by atoms with van der Waals surface area (Å²) in [5.41, 5.74) is 1.46. The fourth-order valence-electron chi connectivity index (χ4n) is 3.03. The van der Waals surface area contributed by atoms with E-state index in [1.165, 1.54) is 44.1 Å². The summed E-state index contributed by atoms with van der Waals surface area (Å²) in [5.74, 6) is 0.935. The summed E-state index contributed by atoms with van der Waals surface area (Å²) in [6.45, 7) is 4.66. The molecule has 0 bridgehead atoms. The molecule has 1 aromatic carbocycles. The zero-order chi connectivity index (χ0) is 12.8. The van der Waals surface area contributed by atoms with Gasteiger partial charge < -0.3 is 5.32 Å². The van der Waals surface area contributed by atoms with Crippen molar-refractivity contribution in [1.29, 1.82) is 0 Å². The van der Waals surface area contributed by atoms with Crippen LogP contribution in [-0.4, -0.2) is 6.04 Å². The molecule has 1 aromatic rings. The molecular formula is C17H27N. The highest BCUT2D eigenvalue weighted by Gasteiger charge is 2.21. The summed E-state index contributed by atoms with van der Waals surface area (Å²) in [5, 5.41) is 3.89. The minimum Gasteiger partial charge on any atom is -0.307 e.